The number of nitrogens with two attached hydrogens (primary N) is 1. The second kappa shape index (κ2) is 14.4. The fraction of sp³-hybridized carbons (Fsp3) is 0.724. The van der Waals surface area contributed by atoms with Crippen LogP contribution in [0.4, 0.5) is 10.6 Å². The van der Waals surface area contributed by atoms with Crippen LogP contribution < -0.4 is 10.6 Å². The number of amidine groups is 1. The highest BCUT2D eigenvalue weighted by atomic mass is 28.3. The van der Waals surface area contributed by atoms with Gasteiger partial charge in [0.15, 0.2) is 11.5 Å². The monoisotopic (exact) mass is 635 g/mol. The number of hydrogen-bond acceptors (Lipinski definition) is 9. The molecule has 3 rings (SSSR count). The Morgan fingerprint density at radius 2 is 1.72 bits per heavy atom. The second-order valence-corrected chi connectivity index (χ2v) is 26.1. The van der Waals surface area contributed by atoms with Gasteiger partial charge in [0.2, 0.25) is 0 Å². The maximum atomic E-state index is 12.9. The number of oxime groups is 1. The molecular weight excluding hydrogens is 583 g/mol. The van der Waals surface area contributed by atoms with Crippen molar-refractivity contribution in [1.82, 2.24) is 19.5 Å². The lowest BCUT2D eigenvalue weighted by Gasteiger charge is -2.34. The summed E-state index contributed by atoms with van der Waals surface area (Å²) in [6.07, 6.45) is 2.90. The largest absolute Gasteiger partial charge is 0.444 e. The third-order valence-corrected chi connectivity index (χ3v) is 10.6. The number of aromatic nitrogens is 3. The van der Waals surface area contributed by atoms with E-state index < -0.39 is 21.7 Å². The molecule has 0 bridgehead atoms. The lowest BCUT2D eigenvalue weighted by molar-refractivity contribution is 0.0197. The first kappa shape index (κ1) is 34.8. The predicted molar refractivity (Wildman–Crippen MR) is 176 cm³/mol. The quantitative estimate of drug-likeness (QED) is 0.0565. The van der Waals surface area contributed by atoms with Gasteiger partial charge in [-0.05, 0) is 45.7 Å². The lowest BCUT2D eigenvalue weighted by Crippen LogP contribution is -2.42. The van der Waals surface area contributed by atoms with E-state index in [4.69, 9.17) is 24.9 Å². The van der Waals surface area contributed by atoms with Crippen molar-refractivity contribution in [2.45, 2.75) is 96.5 Å². The maximum absolute atomic E-state index is 12.9. The summed E-state index contributed by atoms with van der Waals surface area (Å²) in [6.45, 7) is 22.6. The third-order valence-electron chi connectivity index (χ3n) is 7.16. The number of carbonyl (C=O) groups excluding carboxylic acids is 1. The highest BCUT2D eigenvalue weighted by Gasteiger charge is 2.31. The minimum atomic E-state index is -1.27. The van der Waals surface area contributed by atoms with Crippen molar-refractivity contribution >= 4 is 39.5 Å². The van der Waals surface area contributed by atoms with E-state index in [1.807, 2.05) is 31.7 Å². The summed E-state index contributed by atoms with van der Waals surface area (Å²) in [6, 6.07) is 4.10. The molecule has 0 aromatic carbocycles. The first-order chi connectivity index (χ1) is 20.0. The van der Waals surface area contributed by atoms with Gasteiger partial charge in [-0.2, -0.15) is 9.61 Å². The molecule has 2 aromatic rings. The summed E-state index contributed by atoms with van der Waals surface area (Å²) < 4.78 is 19.7. The smallest absolute Gasteiger partial charge is 0.410 e. The van der Waals surface area contributed by atoms with Crippen LogP contribution in [-0.2, 0) is 14.2 Å². The summed E-state index contributed by atoms with van der Waals surface area (Å²) >= 11 is 0. The summed E-state index contributed by atoms with van der Waals surface area (Å²) in [7, 11) is -2.54. The molecule has 242 valence electrons. The minimum Gasteiger partial charge on any atom is -0.444 e. The molecule has 1 atom stereocenters. The number of ether oxygens (including phenoxy) is 3. The number of carbonyl (C=O) groups is 1. The van der Waals surface area contributed by atoms with Gasteiger partial charge in [-0.1, -0.05) is 44.4 Å². The van der Waals surface area contributed by atoms with Crippen LogP contribution in [0.25, 0.3) is 5.65 Å². The molecule has 0 aliphatic carbocycles. The number of fused-ring (bicyclic) bond motifs is 1. The molecule has 3 N–H and O–H groups in total. The molecule has 12 nitrogen and oxygen atoms in total. The zero-order valence-electron chi connectivity index (χ0n) is 27.6. The topological polar surface area (TPSA) is 140 Å². The number of rotatable bonds is 13. The van der Waals surface area contributed by atoms with Crippen molar-refractivity contribution in [3.8, 4) is 0 Å². The normalized spacial score (nSPS) is 17.0. The van der Waals surface area contributed by atoms with Gasteiger partial charge >= 0.3 is 6.09 Å². The van der Waals surface area contributed by atoms with E-state index in [1.54, 1.807) is 15.6 Å². The number of anilines is 1. The molecule has 2 aromatic heterocycles. The number of likely N-dealkylation sites (tertiary alicyclic amines) is 1. The molecule has 14 heteroatoms. The van der Waals surface area contributed by atoms with Crippen molar-refractivity contribution in [2.24, 2.45) is 10.9 Å². The maximum Gasteiger partial charge on any atom is 0.410 e. The van der Waals surface area contributed by atoms with Gasteiger partial charge in [-0.25, -0.2) is 9.78 Å². The standard InChI is InChI=1S/C29H53N7O5Si2/c1-29(2,3)41-28(37)34-12-10-11-22(19-34)24-17-25(36-27(32-24)23(18-31-36)26(30)33-38)35(20-39-13-15-42(4,5)6)21-40-14-16-43(7,8)9/h17-18,22,38H,10-16,19-21H2,1-9H3,(H2,30,33). The van der Waals surface area contributed by atoms with Gasteiger partial charge in [0.05, 0.1) is 17.5 Å². The Morgan fingerprint density at radius 1 is 1.12 bits per heavy atom. The zero-order chi connectivity index (χ0) is 32.0. The van der Waals surface area contributed by atoms with E-state index in [2.05, 4.69) is 49.5 Å². The van der Waals surface area contributed by atoms with Crippen LogP contribution in [0.15, 0.2) is 17.4 Å². The van der Waals surface area contributed by atoms with E-state index in [0.29, 0.717) is 51.0 Å². The number of piperidine rings is 1. The molecule has 3 heterocycles. The minimum absolute atomic E-state index is 0.0393. The molecule has 1 fully saturated rings. The number of amides is 1. The Morgan fingerprint density at radius 3 is 2.26 bits per heavy atom. The predicted octanol–water partition coefficient (Wildman–Crippen LogP) is 5.37. The first-order valence-electron chi connectivity index (χ1n) is 15.2. The molecule has 1 saturated heterocycles. The van der Waals surface area contributed by atoms with Crippen molar-refractivity contribution < 1.29 is 24.2 Å². The van der Waals surface area contributed by atoms with Crippen LogP contribution in [0.2, 0.25) is 51.4 Å². The van der Waals surface area contributed by atoms with Gasteiger partial charge in [0.25, 0.3) is 0 Å². The van der Waals surface area contributed by atoms with Crippen LogP contribution in [0.5, 0.6) is 0 Å². The third kappa shape index (κ3) is 10.8. The molecule has 1 amide bonds. The van der Waals surface area contributed by atoms with Gasteiger partial charge in [-0.3, -0.25) is 0 Å². The molecule has 43 heavy (non-hydrogen) atoms. The summed E-state index contributed by atoms with van der Waals surface area (Å²) in [5.74, 6) is 0.615. The molecule has 0 saturated carbocycles. The highest BCUT2D eigenvalue weighted by Crippen LogP contribution is 2.31. The van der Waals surface area contributed by atoms with Gasteiger partial charge in [0, 0.05) is 54.4 Å². The van der Waals surface area contributed by atoms with E-state index in [1.165, 1.54) is 0 Å². The summed E-state index contributed by atoms with van der Waals surface area (Å²) in [5, 5.41) is 17.2. The Bertz CT molecular complexity index is 1230. The Kier molecular flexibility index (Phi) is 11.7. The first-order valence-corrected chi connectivity index (χ1v) is 22.6. The lowest BCUT2D eigenvalue weighted by atomic mass is 9.94. The average Bonchev–Trinajstić information content (AvgIpc) is 3.33. The highest BCUT2D eigenvalue weighted by molar-refractivity contribution is 6.76. The Balaban J connectivity index is 1.99. The fourth-order valence-electron chi connectivity index (χ4n) is 4.62. The second-order valence-electron chi connectivity index (χ2n) is 14.8. The molecular formula is C29H53N7O5Si2. The molecule has 0 spiro atoms. The van der Waals surface area contributed by atoms with Gasteiger partial charge in [-0.15, -0.1) is 0 Å². The van der Waals surface area contributed by atoms with E-state index in [0.717, 1.165) is 36.4 Å². The van der Waals surface area contributed by atoms with Crippen LogP contribution >= 0.6 is 0 Å². The van der Waals surface area contributed by atoms with Crippen molar-refractivity contribution in [2.75, 3.05) is 44.7 Å². The van der Waals surface area contributed by atoms with Crippen LogP contribution in [0.3, 0.4) is 0 Å². The van der Waals surface area contributed by atoms with E-state index in [9.17, 15) is 10.0 Å². The summed E-state index contributed by atoms with van der Waals surface area (Å²) in [4.78, 5) is 21.6. The SMILES string of the molecule is CC(C)(C)OC(=O)N1CCCC(c2cc(N(COCC[Si](C)(C)C)COCC[Si](C)(C)C)n3ncc(C(N)=NO)c3n2)C1. The summed E-state index contributed by atoms with van der Waals surface area (Å²) in [5.41, 5.74) is 7.14. The average molecular weight is 636 g/mol. The van der Waals surface area contributed by atoms with Crippen molar-refractivity contribution in [3.63, 3.8) is 0 Å². The van der Waals surface area contributed by atoms with Crippen LogP contribution in [0.1, 0.15) is 50.8 Å². The molecule has 1 aliphatic heterocycles. The number of hydrogen-bond donors (Lipinski definition) is 2. The van der Waals surface area contributed by atoms with Gasteiger partial charge < -0.3 is 35.0 Å². The molecule has 1 unspecified atom stereocenters. The van der Waals surface area contributed by atoms with Gasteiger partial charge in [0.1, 0.15) is 24.9 Å². The van der Waals surface area contributed by atoms with Crippen molar-refractivity contribution in [1.29, 1.82) is 0 Å². The Hall–Kier alpha value is -2.69. The van der Waals surface area contributed by atoms with E-state index >= 15 is 0 Å². The Labute approximate surface area is 258 Å². The number of nitrogens with zero attached hydrogens (tertiary/aromatic N) is 6. The van der Waals surface area contributed by atoms with Crippen LogP contribution in [-0.4, -0.2) is 98.1 Å². The zero-order valence-corrected chi connectivity index (χ0v) is 29.6. The molecule has 0 radical (unpaired) electrons. The van der Waals surface area contributed by atoms with Crippen molar-refractivity contribution in [3.05, 3.63) is 23.5 Å². The molecule has 1 aliphatic rings. The van der Waals surface area contributed by atoms with E-state index in [-0.39, 0.29) is 17.8 Å². The fourth-order valence-corrected chi connectivity index (χ4v) is 6.13. The van der Waals surface area contributed by atoms with Crippen LogP contribution in [0, 0.1) is 0 Å².